The molecule has 1 aliphatic heterocycles. The molecule has 0 radical (unpaired) electrons. The maximum atomic E-state index is 13.6. The fourth-order valence-corrected chi connectivity index (χ4v) is 3.89. The lowest BCUT2D eigenvalue weighted by molar-refractivity contribution is -0.180. The molecule has 5 heteroatoms. The molecule has 0 unspecified atom stereocenters. The number of benzene rings is 2. The number of methoxy groups -OCH3 is 2. The molecule has 0 aromatic heterocycles. The average molecular weight is 366 g/mol. The Balaban J connectivity index is 2.10. The van der Waals surface area contributed by atoms with Gasteiger partial charge in [0.2, 0.25) is 11.6 Å². The van der Waals surface area contributed by atoms with Crippen molar-refractivity contribution in [2.24, 2.45) is 0 Å². The van der Waals surface area contributed by atoms with Crippen molar-refractivity contribution < 1.29 is 23.7 Å². The zero-order chi connectivity index (χ0) is 19.5. The molecular formula is C22H22O5. The Hall–Kier alpha value is -2.79. The van der Waals surface area contributed by atoms with E-state index >= 15 is 0 Å². The van der Waals surface area contributed by atoms with Gasteiger partial charge in [0.1, 0.15) is 17.2 Å². The van der Waals surface area contributed by atoms with Crippen LogP contribution in [0.25, 0.3) is 5.57 Å². The molecule has 0 bridgehead atoms. The number of carbonyl (C=O) groups is 1. The minimum atomic E-state index is -0.829. The van der Waals surface area contributed by atoms with Crippen LogP contribution in [0.4, 0.5) is 0 Å². The van der Waals surface area contributed by atoms with Crippen molar-refractivity contribution in [3.8, 4) is 17.2 Å². The van der Waals surface area contributed by atoms with E-state index in [1.165, 1.54) is 0 Å². The molecule has 5 nitrogen and oxygen atoms in total. The summed E-state index contributed by atoms with van der Waals surface area (Å²) in [6.45, 7) is 10.2. The molecule has 0 saturated heterocycles. The van der Waals surface area contributed by atoms with Crippen LogP contribution < -0.4 is 14.2 Å². The zero-order valence-electron chi connectivity index (χ0n) is 16.2. The number of ether oxygens (including phenoxy) is 4. The monoisotopic (exact) mass is 366 g/mol. The van der Waals surface area contributed by atoms with Crippen molar-refractivity contribution in [2.45, 2.75) is 33.2 Å². The van der Waals surface area contributed by atoms with E-state index in [0.29, 0.717) is 46.1 Å². The van der Waals surface area contributed by atoms with Crippen LogP contribution in [0.5, 0.6) is 17.2 Å². The number of fused-ring (bicyclic) bond motifs is 4. The predicted molar refractivity (Wildman–Crippen MR) is 102 cm³/mol. The summed E-state index contributed by atoms with van der Waals surface area (Å²) >= 11 is 0. The molecule has 1 aliphatic carbocycles. The summed E-state index contributed by atoms with van der Waals surface area (Å²) in [5.74, 6) is 0.704. The fraction of sp³-hybridized carbons (Fsp3) is 0.318. The van der Waals surface area contributed by atoms with Gasteiger partial charge in [-0.2, -0.15) is 0 Å². The van der Waals surface area contributed by atoms with Gasteiger partial charge in [-0.05, 0) is 24.1 Å². The lowest BCUT2D eigenvalue weighted by Gasteiger charge is -2.37. The Labute approximate surface area is 158 Å². The molecule has 4 rings (SSSR count). The molecule has 2 aromatic rings. The standard InChI is InChI=1S/C22H22O5/c1-11-13-8-7-9-15(24-5)17(13)19(23)18-16(11)20(25-6)12(2)14-10-26-22(3,4)27-21(14)18/h7-9H,1,10H2,2-6H3. The predicted octanol–water partition coefficient (Wildman–Crippen LogP) is 4.26. The van der Waals surface area contributed by atoms with Crippen molar-refractivity contribution in [1.29, 1.82) is 0 Å². The van der Waals surface area contributed by atoms with Crippen LogP contribution in [0.3, 0.4) is 0 Å². The van der Waals surface area contributed by atoms with E-state index in [-0.39, 0.29) is 5.78 Å². The molecule has 0 fully saturated rings. The number of hydrogen-bond acceptors (Lipinski definition) is 5. The summed E-state index contributed by atoms with van der Waals surface area (Å²) in [6, 6.07) is 5.51. The molecule has 0 N–H and O–H groups in total. The maximum Gasteiger partial charge on any atom is 0.205 e. The molecule has 140 valence electrons. The van der Waals surface area contributed by atoms with Crippen molar-refractivity contribution >= 4 is 11.4 Å². The molecule has 2 aliphatic rings. The highest BCUT2D eigenvalue weighted by atomic mass is 16.7. The highest BCUT2D eigenvalue weighted by molar-refractivity contribution is 6.22. The second-order valence-corrected chi connectivity index (χ2v) is 7.20. The number of hydrogen-bond donors (Lipinski definition) is 0. The van der Waals surface area contributed by atoms with Gasteiger partial charge in [0.15, 0.2) is 0 Å². The minimum absolute atomic E-state index is 0.155. The van der Waals surface area contributed by atoms with Crippen LogP contribution in [-0.2, 0) is 11.3 Å². The largest absolute Gasteiger partial charge is 0.496 e. The molecule has 0 saturated carbocycles. The van der Waals surface area contributed by atoms with E-state index in [1.807, 2.05) is 32.9 Å². The second kappa shape index (κ2) is 5.86. The number of ketones is 1. The Morgan fingerprint density at radius 3 is 2.52 bits per heavy atom. The lowest BCUT2D eigenvalue weighted by atomic mass is 9.78. The summed E-state index contributed by atoms with van der Waals surface area (Å²) in [4.78, 5) is 13.6. The first-order chi connectivity index (χ1) is 12.8. The van der Waals surface area contributed by atoms with Crippen molar-refractivity contribution in [1.82, 2.24) is 0 Å². The smallest absolute Gasteiger partial charge is 0.205 e. The molecule has 27 heavy (non-hydrogen) atoms. The molecule has 0 amide bonds. The number of rotatable bonds is 2. The third-order valence-electron chi connectivity index (χ3n) is 5.21. The summed E-state index contributed by atoms with van der Waals surface area (Å²) < 4.78 is 23.1. The van der Waals surface area contributed by atoms with Gasteiger partial charge in [0.05, 0.1) is 32.0 Å². The molecular weight excluding hydrogens is 344 g/mol. The fourth-order valence-electron chi connectivity index (χ4n) is 3.89. The third-order valence-corrected chi connectivity index (χ3v) is 5.21. The van der Waals surface area contributed by atoms with Crippen LogP contribution in [0.1, 0.15) is 52.0 Å². The average Bonchev–Trinajstić information content (AvgIpc) is 2.64. The third kappa shape index (κ3) is 2.38. The van der Waals surface area contributed by atoms with Gasteiger partial charge in [0, 0.05) is 30.5 Å². The quantitative estimate of drug-likeness (QED) is 0.678. The number of carbonyl (C=O) groups excluding carboxylic acids is 1. The van der Waals surface area contributed by atoms with E-state index in [0.717, 1.165) is 16.7 Å². The van der Waals surface area contributed by atoms with E-state index in [9.17, 15) is 4.79 Å². The molecule has 2 aromatic carbocycles. The normalized spacial score (nSPS) is 16.8. The molecule has 0 spiro atoms. The van der Waals surface area contributed by atoms with E-state index in [2.05, 4.69) is 6.58 Å². The molecule has 0 atom stereocenters. The summed E-state index contributed by atoms with van der Waals surface area (Å²) in [5.41, 5.74) is 4.82. The van der Waals surface area contributed by atoms with E-state index in [1.54, 1.807) is 20.3 Å². The summed E-state index contributed by atoms with van der Waals surface area (Å²) in [7, 11) is 3.15. The van der Waals surface area contributed by atoms with Crippen molar-refractivity contribution in [2.75, 3.05) is 14.2 Å². The Morgan fingerprint density at radius 2 is 1.85 bits per heavy atom. The van der Waals surface area contributed by atoms with Gasteiger partial charge in [-0.15, -0.1) is 0 Å². The van der Waals surface area contributed by atoms with Gasteiger partial charge in [-0.3, -0.25) is 4.79 Å². The maximum absolute atomic E-state index is 13.6. The highest BCUT2D eigenvalue weighted by Gasteiger charge is 2.40. The van der Waals surface area contributed by atoms with Gasteiger partial charge in [-0.25, -0.2) is 0 Å². The Kier molecular flexibility index (Phi) is 3.82. The first-order valence-corrected chi connectivity index (χ1v) is 8.78. The first kappa shape index (κ1) is 17.6. The highest BCUT2D eigenvalue weighted by Crippen LogP contribution is 2.51. The van der Waals surface area contributed by atoms with Crippen molar-refractivity contribution in [3.63, 3.8) is 0 Å². The van der Waals surface area contributed by atoms with Gasteiger partial charge in [0.25, 0.3) is 0 Å². The molecule has 1 heterocycles. The SMILES string of the molecule is C=C1c2cccc(OC)c2C(=O)c2c3c(c(C)c(OC)c21)COC(C)(C)O3. The van der Waals surface area contributed by atoms with Crippen LogP contribution in [0.2, 0.25) is 0 Å². The van der Waals surface area contributed by atoms with Gasteiger partial charge in [-0.1, -0.05) is 18.7 Å². The Bertz CT molecular complexity index is 1000. The van der Waals surface area contributed by atoms with Crippen LogP contribution >= 0.6 is 0 Å². The summed E-state index contributed by atoms with van der Waals surface area (Å²) in [6.07, 6.45) is 0. The van der Waals surface area contributed by atoms with Crippen LogP contribution in [0.15, 0.2) is 24.8 Å². The lowest BCUT2D eigenvalue weighted by Crippen LogP contribution is -2.37. The first-order valence-electron chi connectivity index (χ1n) is 8.78. The van der Waals surface area contributed by atoms with E-state index < -0.39 is 5.79 Å². The summed E-state index contributed by atoms with van der Waals surface area (Å²) in [5, 5.41) is 0. The van der Waals surface area contributed by atoms with Gasteiger partial charge >= 0.3 is 0 Å². The van der Waals surface area contributed by atoms with Crippen molar-refractivity contribution in [3.05, 3.63) is 58.2 Å². The van der Waals surface area contributed by atoms with Crippen LogP contribution in [0, 0.1) is 6.92 Å². The topological polar surface area (TPSA) is 54.0 Å². The Morgan fingerprint density at radius 1 is 1.11 bits per heavy atom. The van der Waals surface area contributed by atoms with Crippen LogP contribution in [-0.4, -0.2) is 25.8 Å². The second-order valence-electron chi connectivity index (χ2n) is 7.20. The zero-order valence-corrected chi connectivity index (χ0v) is 16.2. The van der Waals surface area contributed by atoms with E-state index in [4.69, 9.17) is 18.9 Å². The van der Waals surface area contributed by atoms with Gasteiger partial charge < -0.3 is 18.9 Å². The minimum Gasteiger partial charge on any atom is -0.496 e.